The van der Waals surface area contributed by atoms with Crippen LogP contribution in [0.1, 0.15) is 49.9 Å². The molecule has 4 heteroatoms. The van der Waals surface area contributed by atoms with E-state index in [0.29, 0.717) is 0 Å². The van der Waals surface area contributed by atoms with Crippen LogP contribution in [-0.4, -0.2) is 0 Å². The van der Waals surface area contributed by atoms with Crippen molar-refractivity contribution in [3.63, 3.8) is 0 Å². The first kappa shape index (κ1) is 13.5. The summed E-state index contributed by atoms with van der Waals surface area (Å²) in [4.78, 5) is 1.18. The summed E-state index contributed by atoms with van der Waals surface area (Å²) in [5, 5.41) is 0.777. The maximum absolute atomic E-state index is 6.09. The molecule has 2 N–H and O–H groups in total. The highest BCUT2D eigenvalue weighted by molar-refractivity contribution is 9.11. The Labute approximate surface area is 109 Å². The smallest absolute Gasteiger partial charge is 0.0887 e. The van der Waals surface area contributed by atoms with Crippen molar-refractivity contribution in [2.24, 2.45) is 5.73 Å². The molecule has 1 nitrogen and oxygen atoms in total. The van der Waals surface area contributed by atoms with Crippen molar-refractivity contribution in [3.05, 3.63) is 19.8 Å². The molecular weight excluding hydrogens is 294 g/mol. The second kappa shape index (κ2) is 6.89. The lowest BCUT2D eigenvalue weighted by Gasteiger charge is -2.08. The lowest BCUT2D eigenvalue weighted by atomic mass is 10.1. The SMILES string of the molecule is CCCCCCC(N)c1cc(Cl)c(Br)s1. The maximum atomic E-state index is 6.09. The highest BCUT2D eigenvalue weighted by Crippen LogP contribution is 2.35. The Morgan fingerprint density at radius 1 is 1.47 bits per heavy atom. The molecule has 1 aromatic rings. The first-order valence-corrected chi connectivity index (χ1v) is 7.34. The number of rotatable bonds is 6. The van der Waals surface area contributed by atoms with Crippen molar-refractivity contribution in [2.45, 2.75) is 45.1 Å². The molecule has 0 bridgehead atoms. The van der Waals surface area contributed by atoms with E-state index in [9.17, 15) is 0 Å². The molecule has 0 aliphatic rings. The normalized spacial score (nSPS) is 13.1. The minimum absolute atomic E-state index is 0.149. The quantitative estimate of drug-likeness (QED) is 0.724. The molecule has 0 aromatic carbocycles. The fraction of sp³-hybridized carbons (Fsp3) is 0.636. The fourth-order valence-electron chi connectivity index (χ4n) is 1.48. The standard InChI is InChI=1S/C11H17BrClNS/c1-2-3-4-5-6-9(14)10-7-8(13)11(12)15-10/h7,9H,2-6,14H2,1H3. The predicted octanol–water partition coefficient (Wildman–Crippen LogP) is 5.13. The lowest BCUT2D eigenvalue weighted by Crippen LogP contribution is -2.08. The molecule has 1 aromatic heterocycles. The van der Waals surface area contributed by atoms with E-state index in [-0.39, 0.29) is 6.04 Å². The van der Waals surface area contributed by atoms with E-state index >= 15 is 0 Å². The van der Waals surface area contributed by atoms with E-state index in [1.165, 1.54) is 30.6 Å². The minimum Gasteiger partial charge on any atom is -0.323 e. The third kappa shape index (κ3) is 4.43. The molecule has 0 aliphatic carbocycles. The summed E-state index contributed by atoms with van der Waals surface area (Å²) in [5.41, 5.74) is 6.09. The molecule has 0 radical (unpaired) electrons. The van der Waals surface area contributed by atoms with Crippen molar-refractivity contribution >= 4 is 38.9 Å². The van der Waals surface area contributed by atoms with Gasteiger partial charge in [0.15, 0.2) is 0 Å². The zero-order valence-electron chi connectivity index (χ0n) is 8.93. The second-order valence-electron chi connectivity index (χ2n) is 3.73. The average molecular weight is 311 g/mol. The van der Waals surface area contributed by atoms with Crippen molar-refractivity contribution < 1.29 is 0 Å². The van der Waals surface area contributed by atoms with E-state index < -0.39 is 0 Å². The molecule has 0 amide bonds. The van der Waals surface area contributed by atoms with E-state index in [2.05, 4.69) is 22.9 Å². The van der Waals surface area contributed by atoms with Gasteiger partial charge in [-0.05, 0) is 28.4 Å². The Hall–Kier alpha value is 0.430. The highest BCUT2D eigenvalue weighted by Gasteiger charge is 2.11. The summed E-state index contributed by atoms with van der Waals surface area (Å²) in [6, 6.07) is 2.12. The molecule has 1 unspecified atom stereocenters. The van der Waals surface area contributed by atoms with Gasteiger partial charge in [-0.15, -0.1) is 11.3 Å². The van der Waals surface area contributed by atoms with Gasteiger partial charge in [-0.25, -0.2) is 0 Å². The van der Waals surface area contributed by atoms with Crippen LogP contribution in [0.25, 0.3) is 0 Å². The Morgan fingerprint density at radius 2 is 2.20 bits per heavy atom. The zero-order chi connectivity index (χ0) is 11.3. The summed E-state index contributed by atoms with van der Waals surface area (Å²) >= 11 is 11.0. The fourth-order valence-corrected chi connectivity index (χ4v) is 3.26. The van der Waals surface area contributed by atoms with Crippen molar-refractivity contribution in [2.75, 3.05) is 0 Å². The van der Waals surface area contributed by atoms with E-state index in [4.69, 9.17) is 17.3 Å². The Balaban J connectivity index is 2.36. The van der Waals surface area contributed by atoms with Gasteiger partial charge < -0.3 is 5.73 Å². The monoisotopic (exact) mass is 309 g/mol. The number of unbranched alkanes of at least 4 members (excludes halogenated alkanes) is 3. The van der Waals surface area contributed by atoms with Gasteiger partial charge in [0.05, 0.1) is 8.81 Å². The van der Waals surface area contributed by atoms with Gasteiger partial charge in [0, 0.05) is 10.9 Å². The van der Waals surface area contributed by atoms with Crippen LogP contribution >= 0.6 is 38.9 Å². The van der Waals surface area contributed by atoms with Crippen LogP contribution in [0, 0.1) is 0 Å². The minimum atomic E-state index is 0.149. The molecule has 0 spiro atoms. The van der Waals surface area contributed by atoms with Crippen molar-refractivity contribution in [3.8, 4) is 0 Å². The summed E-state index contributed by atoms with van der Waals surface area (Å²) in [5.74, 6) is 0. The molecule has 1 rings (SSSR count). The number of nitrogens with two attached hydrogens (primary N) is 1. The van der Waals surface area contributed by atoms with Crippen molar-refractivity contribution in [1.29, 1.82) is 0 Å². The largest absolute Gasteiger partial charge is 0.323 e. The van der Waals surface area contributed by atoms with E-state index in [0.717, 1.165) is 15.2 Å². The summed E-state index contributed by atoms with van der Waals surface area (Å²) in [7, 11) is 0. The third-order valence-corrected chi connectivity index (χ3v) is 5.00. The van der Waals surface area contributed by atoms with Gasteiger partial charge >= 0.3 is 0 Å². The van der Waals surface area contributed by atoms with Crippen LogP contribution in [0.3, 0.4) is 0 Å². The molecule has 0 saturated heterocycles. The van der Waals surface area contributed by atoms with Crippen LogP contribution in [0.2, 0.25) is 5.02 Å². The van der Waals surface area contributed by atoms with Gasteiger partial charge in [-0.2, -0.15) is 0 Å². The Kier molecular flexibility index (Phi) is 6.20. The highest BCUT2D eigenvalue weighted by atomic mass is 79.9. The number of halogens is 2. The summed E-state index contributed by atoms with van der Waals surface area (Å²) in [6.07, 6.45) is 6.13. The molecule has 1 atom stereocenters. The molecule has 86 valence electrons. The van der Waals surface area contributed by atoms with Crippen LogP contribution in [-0.2, 0) is 0 Å². The maximum Gasteiger partial charge on any atom is 0.0887 e. The Bertz CT molecular complexity index is 281. The topological polar surface area (TPSA) is 26.0 Å². The Morgan fingerprint density at radius 3 is 2.73 bits per heavy atom. The average Bonchev–Trinajstić information content (AvgIpc) is 2.54. The van der Waals surface area contributed by atoms with Crippen LogP contribution in [0.4, 0.5) is 0 Å². The van der Waals surface area contributed by atoms with Gasteiger partial charge in [0.25, 0.3) is 0 Å². The molecule has 0 saturated carbocycles. The van der Waals surface area contributed by atoms with Gasteiger partial charge in [-0.1, -0.05) is 44.2 Å². The first-order chi connectivity index (χ1) is 7.15. The number of hydrogen-bond acceptors (Lipinski definition) is 2. The predicted molar refractivity (Wildman–Crippen MR) is 72.7 cm³/mol. The zero-order valence-corrected chi connectivity index (χ0v) is 12.1. The van der Waals surface area contributed by atoms with Crippen LogP contribution in [0.5, 0.6) is 0 Å². The summed E-state index contributed by atoms with van der Waals surface area (Å²) < 4.78 is 0.989. The third-order valence-electron chi connectivity index (χ3n) is 2.40. The molecule has 0 fully saturated rings. The molecular formula is C11H17BrClNS. The molecule has 1 heterocycles. The summed E-state index contributed by atoms with van der Waals surface area (Å²) in [6.45, 7) is 2.22. The molecule has 0 aliphatic heterocycles. The van der Waals surface area contributed by atoms with Gasteiger partial charge in [-0.3, -0.25) is 0 Å². The molecule has 15 heavy (non-hydrogen) atoms. The lowest BCUT2D eigenvalue weighted by molar-refractivity contribution is 0.571. The van der Waals surface area contributed by atoms with E-state index in [1.807, 2.05) is 6.07 Å². The second-order valence-corrected chi connectivity index (χ2v) is 6.54. The van der Waals surface area contributed by atoms with Crippen molar-refractivity contribution in [1.82, 2.24) is 0 Å². The van der Waals surface area contributed by atoms with E-state index in [1.54, 1.807) is 11.3 Å². The number of thiophene rings is 1. The van der Waals surface area contributed by atoms with Gasteiger partial charge in [0.1, 0.15) is 0 Å². The first-order valence-electron chi connectivity index (χ1n) is 5.35. The van der Waals surface area contributed by atoms with Crippen LogP contribution < -0.4 is 5.73 Å². The number of hydrogen-bond donors (Lipinski definition) is 1. The van der Waals surface area contributed by atoms with Crippen LogP contribution in [0.15, 0.2) is 9.85 Å². The van der Waals surface area contributed by atoms with Gasteiger partial charge in [0.2, 0.25) is 0 Å².